The van der Waals surface area contributed by atoms with E-state index in [0.29, 0.717) is 18.8 Å². The molecule has 29 heavy (non-hydrogen) atoms. The molecular formula is C22H23N5OS. The van der Waals surface area contributed by atoms with Crippen molar-refractivity contribution in [2.24, 2.45) is 0 Å². The lowest BCUT2D eigenvalue weighted by Gasteiger charge is -2.03. The minimum atomic E-state index is -0.137. The number of amides is 1. The Hall–Kier alpha value is -3.03. The molecule has 148 valence electrons. The fraction of sp³-hybridized carbons (Fsp3) is 0.227. The number of carbonyl (C=O) groups excluding carboxylic acids is 1. The first-order chi connectivity index (χ1) is 14.2. The second-order valence-corrected chi connectivity index (χ2v) is 7.87. The molecule has 0 radical (unpaired) electrons. The number of nitrogens with one attached hydrogen (secondary N) is 3. The van der Waals surface area contributed by atoms with Gasteiger partial charge < -0.3 is 15.6 Å². The number of fused-ring (bicyclic) bond motifs is 1. The van der Waals surface area contributed by atoms with Crippen LogP contribution in [0.15, 0.2) is 53.9 Å². The van der Waals surface area contributed by atoms with Crippen molar-refractivity contribution in [1.82, 2.24) is 25.6 Å². The van der Waals surface area contributed by atoms with Crippen LogP contribution in [0.4, 0.5) is 0 Å². The molecule has 2 heterocycles. The molecule has 3 N–H and O–H groups in total. The van der Waals surface area contributed by atoms with Gasteiger partial charge in [0.2, 0.25) is 0 Å². The Morgan fingerprint density at radius 3 is 2.83 bits per heavy atom. The predicted octanol–water partition coefficient (Wildman–Crippen LogP) is 3.59. The quantitative estimate of drug-likeness (QED) is 0.391. The van der Waals surface area contributed by atoms with Gasteiger partial charge in [0.25, 0.3) is 5.91 Å². The summed E-state index contributed by atoms with van der Waals surface area (Å²) < 4.78 is 0. The van der Waals surface area contributed by atoms with Crippen molar-refractivity contribution in [3.63, 3.8) is 0 Å². The van der Waals surface area contributed by atoms with E-state index in [1.807, 2.05) is 35.7 Å². The molecule has 0 bridgehead atoms. The molecule has 2 aromatic heterocycles. The number of benzene rings is 2. The zero-order valence-corrected chi connectivity index (χ0v) is 17.1. The van der Waals surface area contributed by atoms with Crippen LogP contribution in [0.2, 0.25) is 0 Å². The van der Waals surface area contributed by atoms with Gasteiger partial charge in [-0.3, -0.25) is 4.79 Å². The SMILES string of the molecule is Cc1ccc2[nH]c(CNCCc3nc(C(=O)NCc4ccccc4)cs3)nc2c1. The summed E-state index contributed by atoms with van der Waals surface area (Å²) in [7, 11) is 0. The first-order valence-corrected chi connectivity index (χ1v) is 10.5. The zero-order chi connectivity index (χ0) is 20.1. The third-order valence-electron chi connectivity index (χ3n) is 4.58. The summed E-state index contributed by atoms with van der Waals surface area (Å²) in [4.78, 5) is 24.7. The Labute approximate surface area is 173 Å². The van der Waals surface area contributed by atoms with Gasteiger partial charge in [0.15, 0.2) is 0 Å². The van der Waals surface area contributed by atoms with Crippen LogP contribution in [0.25, 0.3) is 11.0 Å². The normalized spacial score (nSPS) is 11.1. The molecule has 4 rings (SSSR count). The minimum absolute atomic E-state index is 0.137. The van der Waals surface area contributed by atoms with Gasteiger partial charge in [0.05, 0.1) is 22.6 Å². The first-order valence-electron chi connectivity index (χ1n) is 9.60. The van der Waals surface area contributed by atoms with Crippen LogP contribution in [0.3, 0.4) is 0 Å². The maximum absolute atomic E-state index is 12.3. The summed E-state index contributed by atoms with van der Waals surface area (Å²) in [5, 5.41) is 9.06. The van der Waals surface area contributed by atoms with Gasteiger partial charge in [-0.05, 0) is 30.2 Å². The molecule has 0 atom stereocenters. The first kappa shape index (κ1) is 19.3. The highest BCUT2D eigenvalue weighted by atomic mass is 32.1. The minimum Gasteiger partial charge on any atom is -0.347 e. The fourth-order valence-electron chi connectivity index (χ4n) is 3.05. The summed E-state index contributed by atoms with van der Waals surface area (Å²) in [6.45, 7) is 4.01. The molecule has 4 aromatic rings. The van der Waals surface area contributed by atoms with E-state index in [9.17, 15) is 4.79 Å². The Morgan fingerprint density at radius 2 is 1.97 bits per heavy atom. The van der Waals surface area contributed by atoms with E-state index in [1.165, 1.54) is 16.9 Å². The Kier molecular flexibility index (Phi) is 5.97. The number of H-pyrrole nitrogens is 1. The van der Waals surface area contributed by atoms with Gasteiger partial charge >= 0.3 is 0 Å². The van der Waals surface area contributed by atoms with E-state index in [4.69, 9.17) is 0 Å². The van der Waals surface area contributed by atoms with E-state index in [-0.39, 0.29) is 5.91 Å². The number of aryl methyl sites for hydroxylation is 1. The smallest absolute Gasteiger partial charge is 0.271 e. The van der Waals surface area contributed by atoms with Crippen molar-refractivity contribution in [2.45, 2.75) is 26.4 Å². The van der Waals surface area contributed by atoms with E-state index < -0.39 is 0 Å². The predicted molar refractivity (Wildman–Crippen MR) is 116 cm³/mol. The highest BCUT2D eigenvalue weighted by molar-refractivity contribution is 7.09. The van der Waals surface area contributed by atoms with Crippen LogP contribution in [0.1, 0.15) is 32.4 Å². The van der Waals surface area contributed by atoms with E-state index in [1.54, 1.807) is 0 Å². The van der Waals surface area contributed by atoms with Gasteiger partial charge in [-0.1, -0.05) is 36.4 Å². The molecule has 0 saturated heterocycles. The summed E-state index contributed by atoms with van der Waals surface area (Å²) in [5.74, 6) is 0.785. The van der Waals surface area contributed by atoms with Crippen molar-refractivity contribution >= 4 is 28.3 Å². The Balaban J connectivity index is 1.23. The van der Waals surface area contributed by atoms with Gasteiger partial charge in [-0.25, -0.2) is 9.97 Å². The molecule has 0 fully saturated rings. The van der Waals surface area contributed by atoms with Crippen LogP contribution < -0.4 is 10.6 Å². The lowest BCUT2D eigenvalue weighted by atomic mass is 10.2. The number of imidazole rings is 1. The molecule has 2 aromatic carbocycles. The number of thiazole rings is 1. The lowest BCUT2D eigenvalue weighted by molar-refractivity contribution is 0.0946. The zero-order valence-electron chi connectivity index (χ0n) is 16.2. The van der Waals surface area contributed by atoms with Crippen LogP contribution in [0.5, 0.6) is 0 Å². The molecule has 0 saturated carbocycles. The molecule has 0 aliphatic rings. The second-order valence-electron chi connectivity index (χ2n) is 6.93. The highest BCUT2D eigenvalue weighted by Gasteiger charge is 2.10. The second kappa shape index (κ2) is 8.98. The van der Waals surface area contributed by atoms with Crippen molar-refractivity contribution in [2.75, 3.05) is 6.54 Å². The fourth-order valence-corrected chi connectivity index (χ4v) is 3.83. The van der Waals surface area contributed by atoms with Gasteiger partial charge in [0.1, 0.15) is 11.5 Å². The average Bonchev–Trinajstić information content (AvgIpc) is 3.36. The molecule has 0 aliphatic carbocycles. The average molecular weight is 406 g/mol. The number of carbonyl (C=O) groups is 1. The molecule has 0 aliphatic heterocycles. The molecular weight excluding hydrogens is 382 g/mol. The van der Waals surface area contributed by atoms with Crippen molar-refractivity contribution < 1.29 is 4.79 Å². The molecule has 1 amide bonds. The molecule has 7 heteroatoms. The summed E-state index contributed by atoms with van der Waals surface area (Å²) >= 11 is 1.52. The van der Waals surface area contributed by atoms with Crippen LogP contribution in [-0.4, -0.2) is 27.4 Å². The summed E-state index contributed by atoms with van der Waals surface area (Å²) in [6.07, 6.45) is 0.774. The largest absolute Gasteiger partial charge is 0.347 e. The van der Waals surface area contributed by atoms with Crippen molar-refractivity contribution in [3.05, 3.63) is 81.6 Å². The maximum atomic E-state index is 12.3. The number of rotatable bonds is 8. The van der Waals surface area contributed by atoms with Gasteiger partial charge in [0, 0.05) is 24.9 Å². The summed E-state index contributed by atoms with van der Waals surface area (Å²) in [5.41, 5.74) is 4.80. The monoisotopic (exact) mass is 405 g/mol. The Bertz CT molecular complexity index is 1100. The van der Waals surface area contributed by atoms with E-state index >= 15 is 0 Å². The van der Waals surface area contributed by atoms with E-state index in [2.05, 4.69) is 50.7 Å². The molecule has 0 spiro atoms. The van der Waals surface area contributed by atoms with Crippen LogP contribution in [0, 0.1) is 6.92 Å². The third kappa shape index (κ3) is 5.07. The van der Waals surface area contributed by atoms with Crippen molar-refractivity contribution in [1.29, 1.82) is 0 Å². The molecule has 6 nitrogen and oxygen atoms in total. The maximum Gasteiger partial charge on any atom is 0.271 e. The number of hydrogen-bond donors (Lipinski definition) is 3. The van der Waals surface area contributed by atoms with E-state index in [0.717, 1.165) is 40.4 Å². The number of aromatic amines is 1. The summed E-state index contributed by atoms with van der Waals surface area (Å²) in [6, 6.07) is 16.1. The highest BCUT2D eigenvalue weighted by Crippen LogP contribution is 2.13. The molecule has 0 unspecified atom stereocenters. The number of nitrogens with zero attached hydrogens (tertiary/aromatic N) is 2. The topological polar surface area (TPSA) is 82.7 Å². The standard InChI is InChI=1S/C22H23N5OS/c1-15-7-8-17-18(11-15)26-20(25-17)13-23-10-9-21-27-19(14-29-21)22(28)24-12-16-5-3-2-4-6-16/h2-8,11,14,23H,9-10,12-13H2,1H3,(H,24,28)(H,25,26). The van der Waals surface area contributed by atoms with Gasteiger partial charge in [-0.15, -0.1) is 11.3 Å². The number of hydrogen-bond acceptors (Lipinski definition) is 5. The Morgan fingerprint density at radius 1 is 1.10 bits per heavy atom. The lowest BCUT2D eigenvalue weighted by Crippen LogP contribution is -2.23. The van der Waals surface area contributed by atoms with Gasteiger partial charge in [-0.2, -0.15) is 0 Å². The van der Waals surface area contributed by atoms with Crippen molar-refractivity contribution in [3.8, 4) is 0 Å². The van der Waals surface area contributed by atoms with Crippen LogP contribution in [-0.2, 0) is 19.5 Å². The third-order valence-corrected chi connectivity index (χ3v) is 5.48. The van der Waals surface area contributed by atoms with Crippen LogP contribution >= 0.6 is 11.3 Å². The number of aromatic nitrogens is 3.